The van der Waals surface area contributed by atoms with Crippen LogP contribution in [0.3, 0.4) is 0 Å². The fourth-order valence-electron chi connectivity index (χ4n) is 3.58. The maximum atomic E-state index is 13.2. The van der Waals surface area contributed by atoms with E-state index < -0.39 is 10.0 Å². The average Bonchev–Trinajstić information content (AvgIpc) is 2.84. The molecule has 1 amide bonds. The monoisotopic (exact) mass is 451 g/mol. The highest BCUT2D eigenvalue weighted by Crippen LogP contribution is 2.36. The molecule has 0 saturated carbocycles. The number of halogens is 1. The molecule has 9 heteroatoms. The average molecular weight is 452 g/mol. The third kappa shape index (κ3) is 4.40. The summed E-state index contributed by atoms with van der Waals surface area (Å²) >= 11 is 7.53. The maximum Gasteiger partial charge on any atom is 0.243 e. The molecule has 4 rings (SSSR count). The second-order valence-corrected chi connectivity index (χ2v) is 11.1. The van der Waals surface area contributed by atoms with Gasteiger partial charge in [-0.25, -0.2) is 8.42 Å². The quantitative estimate of drug-likeness (QED) is 0.770. The van der Waals surface area contributed by atoms with Crippen LogP contribution in [0.5, 0.6) is 0 Å². The smallest absolute Gasteiger partial charge is 0.243 e. The van der Waals surface area contributed by atoms with E-state index in [4.69, 9.17) is 11.6 Å². The number of piperazine rings is 1. The maximum absolute atomic E-state index is 13.2. The van der Waals surface area contributed by atoms with Crippen molar-refractivity contribution in [2.24, 2.45) is 0 Å². The molecule has 0 aromatic heterocycles. The van der Waals surface area contributed by atoms with Crippen LogP contribution in [0.4, 0.5) is 11.4 Å². The number of hydrogen-bond donors (Lipinski definition) is 1. The molecule has 1 fully saturated rings. The number of rotatable bonds is 3. The largest absolute Gasteiger partial charge is 0.369 e. The summed E-state index contributed by atoms with van der Waals surface area (Å²) in [5.74, 6) is -0.0881. The van der Waals surface area contributed by atoms with Crippen LogP contribution in [0, 0.1) is 0 Å². The molecule has 2 aliphatic heterocycles. The van der Waals surface area contributed by atoms with Gasteiger partial charge in [-0.2, -0.15) is 4.31 Å². The number of benzene rings is 2. The number of amides is 1. The summed E-state index contributed by atoms with van der Waals surface area (Å²) in [6.07, 6.45) is 0.411. The highest BCUT2D eigenvalue weighted by atomic mass is 35.5. The van der Waals surface area contributed by atoms with Crippen molar-refractivity contribution in [3.05, 3.63) is 47.5 Å². The first kappa shape index (κ1) is 20.5. The summed E-state index contributed by atoms with van der Waals surface area (Å²) < 4.78 is 27.8. The van der Waals surface area contributed by atoms with Gasteiger partial charge >= 0.3 is 0 Å². The van der Waals surface area contributed by atoms with Gasteiger partial charge in [-0.1, -0.05) is 18.5 Å². The van der Waals surface area contributed by atoms with Crippen molar-refractivity contribution in [3.63, 3.8) is 0 Å². The van der Waals surface area contributed by atoms with E-state index in [1.807, 2.05) is 31.2 Å². The van der Waals surface area contributed by atoms with E-state index >= 15 is 0 Å². The number of carbonyl (C=O) groups excluding carboxylic acids is 1. The number of fused-ring (bicyclic) bond motifs is 1. The van der Waals surface area contributed by atoms with Gasteiger partial charge in [-0.15, -0.1) is 11.8 Å². The second kappa shape index (κ2) is 8.18. The van der Waals surface area contributed by atoms with Crippen LogP contribution < -0.4 is 10.2 Å². The lowest BCUT2D eigenvalue weighted by molar-refractivity contribution is -0.116. The standard InChI is InChI=1S/C20H22ClN3O3S2/c1-14-12-20(25)22-18-13-17(6-7-19(18)28-14)29(26,27)24-10-8-23(9-11-24)16-4-2-15(21)3-5-16/h2-7,13-14H,8-12H2,1H3,(H,22,25)/t14-/m1/s1. The van der Waals surface area contributed by atoms with E-state index in [0.29, 0.717) is 43.3 Å². The predicted molar refractivity (Wildman–Crippen MR) is 117 cm³/mol. The van der Waals surface area contributed by atoms with Gasteiger partial charge in [0, 0.05) is 53.5 Å². The third-order valence-corrected chi connectivity index (χ3v) is 8.42. The second-order valence-electron chi connectivity index (χ2n) is 7.21. The zero-order valence-electron chi connectivity index (χ0n) is 16.0. The molecule has 0 radical (unpaired) electrons. The van der Waals surface area contributed by atoms with Gasteiger partial charge in [-0.3, -0.25) is 4.79 Å². The molecule has 154 valence electrons. The Labute approximate surface area is 180 Å². The Morgan fingerprint density at radius 2 is 1.76 bits per heavy atom. The van der Waals surface area contributed by atoms with E-state index in [1.165, 1.54) is 4.31 Å². The minimum atomic E-state index is -3.63. The van der Waals surface area contributed by atoms with Crippen molar-refractivity contribution >= 4 is 50.7 Å². The highest BCUT2D eigenvalue weighted by molar-refractivity contribution is 8.00. The summed E-state index contributed by atoms with van der Waals surface area (Å²) in [4.78, 5) is 15.3. The number of carbonyl (C=O) groups is 1. The normalized spacial score (nSPS) is 20.7. The first-order valence-electron chi connectivity index (χ1n) is 9.44. The van der Waals surface area contributed by atoms with Crippen molar-refractivity contribution < 1.29 is 13.2 Å². The number of nitrogens with zero attached hydrogens (tertiary/aromatic N) is 2. The summed E-state index contributed by atoms with van der Waals surface area (Å²) in [6.45, 7) is 4.01. The van der Waals surface area contributed by atoms with Gasteiger partial charge in [-0.05, 0) is 42.5 Å². The van der Waals surface area contributed by atoms with Gasteiger partial charge in [0.15, 0.2) is 0 Å². The predicted octanol–water partition coefficient (Wildman–Crippen LogP) is 3.67. The van der Waals surface area contributed by atoms with E-state index in [9.17, 15) is 13.2 Å². The molecule has 0 spiro atoms. The molecule has 2 aromatic rings. The lowest BCUT2D eigenvalue weighted by atomic mass is 10.2. The minimum Gasteiger partial charge on any atom is -0.369 e. The molecule has 29 heavy (non-hydrogen) atoms. The van der Waals surface area contributed by atoms with Crippen molar-refractivity contribution in [2.45, 2.75) is 28.4 Å². The Balaban J connectivity index is 1.51. The van der Waals surface area contributed by atoms with Crippen LogP contribution in [0.15, 0.2) is 52.3 Å². The van der Waals surface area contributed by atoms with E-state index in [-0.39, 0.29) is 16.1 Å². The summed E-state index contributed by atoms with van der Waals surface area (Å²) in [7, 11) is -3.63. The summed E-state index contributed by atoms with van der Waals surface area (Å²) in [5, 5.41) is 3.67. The number of anilines is 2. The topological polar surface area (TPSA) is 69.7 Å². The molecule has 2 aromatic carbocycles. The van der Waals surface area contributed by atoms with Crippen LogP contribution in [0.1, 0.15) is 13.3 Å². The van der Waals surface area contributed by atoms with Crippen LogP contribution in [0.25, 0.3) is 0 Å². The molecule has 0 bridgehead atoms. The van der Waals surface area contributed by atoms with E-state index in [2.05, 4.69) is 10.2 Å². The molecule has 6 nitrogen and oxygen atoms in total. The fraction of sp³-hybridized carbons (Fsp3) is 0.350. The van der Waals surface area contributed by atoms with Crippen molar-refractivity contribution in [1.29, 1.82) is 0 Å². The number of thioether (sulfide) groups is 1. The number of sulfonamides is 1. The van der Waals surface area contributed by atoms with Gasteiger partial charge < -0.3 is 10.2 Å². The third-order valence-electron chi connectivity index (χ3n) is 5.09. The molecule has 0 unspecified atom stereocenters. The SMILES string of the molecule is C[C@@H]1CC(=O)Nc2cc(S(=O)(=O)N3CCN(c4ccc(Cl)cc4)CC3)ccc2S1. The lowest BCUT2D eigenvalue weighted by Gasteiger charge is -2.35. The Kier molecular flexibility index (Phi) is 5.79. The van der Waals surface area contributed by atoms with Gasteiger partial charge in [0.25, 0.3) is 0 Å². The Morgan fingerprint density at radius 3 is 2.45 bits per heavy atom. The van der Waals surface area contributed by atoms with Crippen LogP contribution in [-0.4, -0.2) is 50.1 Å². The Bertz CT molecular complexity index is 1020. The molecule has 2 aliphatic rings. The number of hydrogen-bond acceptors (Lipinski definition) is 5. The fourth-order valence-corrected chi connectivity index (χ4v) is 6.21. The van der Waals surface area contributed by atoms with Crippen molar-refractivity contribution in [3.8, 4) is 0 Å². The molecule has 1 saturated heterocycles. The van der Waals surface area contributed by atoms with Crippen molar-refractivity contribution in [1.82, 2.24) is 4.31 Å². The zero-order chi connectivity index (χ0) is 20.6. The number of nitrogens with one attached hydrogen (secondary N) is 1. The van der Waals surface area contributed by atoms with E-state index in [0.717, 1.165) is 10.6 Å². The molecular formula is C20H22ClN3O3S2. The first-order chi connectivity index (χ1) is 13.8. The molecule has 1 atom stereocenters. The molecule has 1 N–H and O–H groups in total. The molecule has 2 heterocycles. The van der Waals surface area contributed by atoms with Gasteiger partial charge in [0.1, 0.15) is 0 Å². The van der Waals surface area contributed by atoms with Crippen molar-refractivity contribution in [2.75, 3.05) is 36.4 Å². The Morgan fingerprint density at radius 1 is 1.07 bits per heavy atom. The van der Waals surface area contributed by atoms with E-state index in [1.54, 1.807) is 30.0 Å². The highest BCUT2D eigenvalue weighted by Gasteiger charge is 2.30. The minimum absolute atomic E-state index is 0.0881. The first-order valence-corrected chi connectivity index (χ1v) is 12.1. The molecular weight excluding hydrogens is 430 g/mol. The zero-order valence-corrected chi connectivity index (χ0v) is 18.4. The molecule has 0 aliphatic carbocycles. The lowest BCUT2D eigenvalue weighted by Crippen LogP contribution is -2.48. The summed E-state index contributed by atoms with van der Waals surface area (Å²) in [6, 6.07) is 12.6. The van der Waals surface area contributed by atoms with Crippen LogP contribution in [0.2, 0.25) is 5.02 Å². The summed E-state index contributed by atoms with van der Waals surface area (Å²) in [5.41, 5.74) is 1.61. The van der Waals surface area contributed by atoms with Gasteiger partial charge in [0.05, 0.1) is 10.6 Å². The van der Waals surface area contributed by atoms with Crippen LogP contribution in [-0.2, 0) is 14.8 Å². The van der Waals surface area contributed by atoms with Gasteiger partial charge in [0.2, 0.25) is 15.9 Å². The Hall–Kier alpha value is -1.74. The van der Waals surface area contributed by atoms with Crippen LogP contribution >= 0.6 is 23.4 Å².